The Balaban J connectivity index is 1.60. The first-order chi connectivity index (χ1) is 14.0. The fourth-order valence-corrected chi connectivity index (χ4v) is 2.77. The molecule has 2 amide bonds. The van der Waals surface area contributed by atoms with Crippen molar-refractivity contribution in [3.63, 3.8) is 0 Å². The Morgan fingerprint density at radius 1 is 1.14 bits per heavy atom. The van der Waals surface area contributed by atoms with Gasteiger partial charge in [0.15, 0.2) is 17.3 Å². The zero-order chi connectivity index (χ0) is 20.8. The predicted octanol–water partition coefficient (Wildman–Crippen LogP) is 4.22. The molecule has 0 aliphatic heterocycles. The minimum absolute atomic E-state index is 0.0396. The molecule has 0 fully saturated rings. The van der Waals surface area contributed by atoms with Gasteiger partial charge in [-0.2, -0.15) is 0 Å². The molecule has 29 heavy (non-hydrogen) atoms. The van der Waals surface area contributed by atoms with Crippen LogP contribution >= 0.6 is 11.6 Å². The Morgan fingerprint density at radius 2 is 1.90 bits per heavy atom. The molecule has 8 heteroatoms. The van der Waals surface area contributed by atoms with Gasteiger partial charge in [-0.15, -0.1) is 0 Å². The standard InChI is InChI=1S/C21H19ClN2O5/c1-2-28-18-11-14(10-16(22)19(18)25)20(26)23-12-13-5-7-15(8-6-13)24-21(27)17-4-3-9-29-17/h3-11,25H,2,12H2,1H3,(H,23,26)(H,24,27). The second-order valence-corrected chi connectivity index (χ2v) is 6.46. The molecule has 0 aliphatic rings. The zero-order valence-corrected chi connectivity index (χ0v) is 16.3. The van der Waals surface area contributed by atoms with Crippen molar-refractivity contribution in [2.24, 2.45) is 0 Å². The number of nitrogens with one attached hydrogen (secondary N) is 2. The van der Waals surface area contributed by atoms with E-state index in [0.717, 1.165) is 5.56 Å². The number of phenols is 1. The minimum Gasteiger partial charge on any atom is -0.503 e. The number of aromatic hydroxyl groups is 1. The van der Waals surface area contributed by atoms with Crippen molar-refractivity contribution in [1.29, 1.82) is 0 Å². The maximum atomic E-state index is 12.4. The number of carbonyl (C=O) groups excluding carboxylic acids is 2. The number of ether oxygens (including phenoxy) is 1. The molecule has 0 aliphatic carbocycles. The first-order valence-corrected chi connectivity index (χ1v) is 9.23. The third-order valence-corrected chi connectivity index (χ3v) is 4.29. The fraction of sp³-hybridized carbons (Fsp3) is 0.143. The van der Waals surface area contributed by atoms with Gasteiger partial charge in [0.2, 0.25) is 0 Å². The summed E-state index contributed by atoms with van der Waals surface area (Å²) < 4.78 is 10.3. The molecule has 0 saturated heterocycles. The van der Waals surface area contributed by atoms with Gasteiger partial charge in [0, 0.05) is 17.8 Å². The van der Waals surface area contributed by atoms with Crippen LogP contribution in [0.5, 0.6) is 11.5 Å². The number of rotatable bonds is 7. The first kappa shape index (κ1) is 20.3. The van der Waals surface area contributed by atoms with Crippen LogP contribution in [0.3, 0.4) is 0 Å². The smallest absolute Gasteiger partial charge is 0.291 e. The Morgan fingerprint density at radius 3 is 2.55 bits per heavy atom. The SMILES string of the molecule is CCOc1cc(C(=O)NCc2ccc(NC(=O)c3ccco3)cc2)cc(Cl)c1O. The molecule has 1 heterocycles. The maximum absolute atomic E-state index is 12.4. The summed E-state index contributed by atoms with van der Waals surface area (Å²) in [6.07, 6.45) is 1.43. The molecular formula is C21H19ClN2O5. The Bertz CT molecular complexity index is 1000. The van der Waals surface area contributed by atoms with Crippen molar-refractivity contribution in [1.82, 2.24) is 5.32 Å². The van der Waals surface area contributed by atoms with E-state index in [-0.39, 0.29) is 46.2 Å². The van der Waals surface area contributed by atoms with E-state index in [1.807, 2.05) is 0 Å². The van der Waals surface area contributed by atoms with E-state index in [1.54, 1.807) is 43.3 Å². The minimum atomic E-state index is -0.358. The molecule has 0 saturated carbocycles. The quantitative estimate of drug-likeness (QED) is 0.537. The average molecular weight is 415 g/mol. The lowest BCUT2D eigenvalue weighted by Crippen LogP contribution is -2.22. The summed E-state index contributed by atoms with van der Waals surface area (Å²) in [5, 5.41) is 15.4. The van der Waals surface area contributed by atoms with Crippen molar-refractivity contribution in [2.45, 2.75) is 13.5 Å². The van der Waals surface area contributed by atoms with E-state index in [0.29, 0.717) is 12.3 Å². The molecule has 0 radical (unpaired) electrons. The number of amides is 2. The molecule has 0 atom stereocenters. The van der Waals surface area contributed by atoms with Crippen molar-refractivity contribution in [3.05, 3.63) is 76.7 Å². The Kier molecular flexibility index (Phi) is 6.41. The summed E-state index contributed by atoms with van der Waals surface area (Å²) in [5.41, 5.74) is 1.72. The number of hydrogen-bond acceptors (Lipinski definition) is 5. The summed E-state index contributed by atoms with van der Waals surface area (Å²) >= 11 is 5.96. The Labute approximate surface area is 172 Å². The van der Waals surface area contributed by atoms with Crippen LogP contribution in [-0.2, 0) is 6.54 Å². The number of halogens is 1. The van der Waals surface area contributed by atoms with Gasteiger partial charge in [0.1, 0.15) is 0 Å². The first-order valence-electron chi connectivity index (χ1n) is 8.85. The van der Waals surface area contributed by atoms with Gasteiger partial charge in [0.25, 0.3) is 11.8 Å². The number of furan rings is 1. The van der Waals surface area contributed by atoms with Crippen LogP contribution in [0, 0.1) is 0 Å². The number of phenolic OH excluding ortho intramolecular Hbond substituents is 1. The van der Waals surface area contributed by atoms with Crippen molar-refractivity contribution in [3.8, 4) is 11.5 Å². The second-order valence-electron chi connectivity index (χ2n) is 6.05. The molecule has 3 N–H and O–H groups in total. The third kappa shape index (κ3) is 5.08. The summed E-state index contributed by atoms with van der Waals surface area (Å²) in [7, 11) is 0. The van der Waals surface area contributed by atoms with Crippen LogP contribution in [0.25, 0.3) is 0 Å². The molecular weight excluding hydrogens is 396 g/mol. The van der Waals surface area contributed by atoms with Crippen LogP contribution in [0.4, 0.5) is 5.69 Å². The number of carbonyl (C=O) groups is 2. The molecule has 7 nitrogen and oxygen atoms in total. The average Bonchev–Trinajstić information content (AvgIpc) is 3.25. The lowest BCUT2D eigenvalue weighted by molar-refractivity contribution is 0.0949. The predicted molar refractivity (Wildman–Crippen MR) is 109 cm³/mol. The van der Waals surface area contributed by atoms with Gasteiger partial charge >= 0.3 is 0 Å². The summed E-state index contributed by atoms with van der Waals surface area (Å²) in [4.78, 5) is 24.4. The molecule has 0 spiro atoms. The van der Waals surface area contributed by atoms with Crippen molar-refractivity contribution in [2.75, 3.05) is 11.9 Å². The summed E-state index contributed by atoms with van der Waals surface area (Å²) in [6, 6.07) is 13.1. The molecule has 3 aromatic rings. The highest BCUT2D eigenvalue weighted by atomic mass is 35.5. The van der Waals surface area contributed by atoms with Gasteiger partial charge in [-0.05, 0) is 48.9 Å². The lowest BCUT2D eigenvalue weighted by Gasteiger charge is -2.11. The van der Waals surface area contributed by atoms with Gasteiger partial charge < -0.3 is 24.9 Å². The van der Waals surface area contributed by atoms with E-state index in [4.69, 9.17) is 20.8 Å². The number of hydrogen-bond donors (Lipinski definition) is 3. The topological polar surface area (TPSA) is 101 Å². The van der Waals surface area contributed by atoms with Gasteiger partial charge in [-0.25, -0.2) is 0 Å². The van der Waals surface area contributed by atoms with Gasteiger partial charge in [-0.3, -0.25) is 9.59 Å². The van der Waals surface area contributed by atoms with Crippen LogP contribution in [0.1, 0.15) is 33.4 Å². The normalized spacial score (nSPS) is 10.4. The monoisotopic (exact) mass is 414 g/mol. The number of benzene rings is 2. The van der Waals surface area contributed by atoms with Crippen LogP contribution in [0.15, 0.2) is 59.2 Å². The van der Waals surface area contributed by atoms with Gasteiger partial charge in [0.05, 0.1) is 17.9 Å². The Hall–Kier alpha value is -3.45. The van der Waals surface area contributed by atoms with Crippen LogP contribution < -0.4 is 15.4 Å². The van der Waals surface area contributed by atoms with E-state index in [1.165, 1.54) is 18.4 Å². The highest BCUT2D eigenvalue weighted by Gasteiger charge is 2.14. The van der Waals surface area contributed by atoms with E-state index in [9.17, 15) is 14.7 Å². The fourth-order valence-electron chi connectivity index (χ4n) is 2.56. The molecule has 1 aromatic heterocycles. The highest BCUT2D eigenvalue weighted by Crippen LogP contribution is 2.35. The van der Waals surface area contributed by atoms with Gasteiger partial charge in [-0.1, -0.05) is 23.7 Å². The van der Waals surface area contributed by atoms with E-state index in [2.05, 4.69) is 10.6 Å². The van der Waals surface area contributed by atoms with Crippen LogP contribution in [0.2, 0.25) is 5.02 Å². The summed E-state index contributed by atoms with van der Waals surface area (Å²) in [5.74, 6) is -0.521. The third-order valence-electron chi connectivity index (χ3n) is 4.00. The lowest BCUT2D eigenvalue weighted by atomic mass is 10.1. The molecule has 0 bridgehead atoms. The van der Waals surface area contributed by atoms with Crippen molar-refractivity contribution >= 4 is 29.1 Å². The second kappa shape index (κ2) is 9.16. The molecule has 3 rings (SSSR count). The van der Waals surface area contributed by atoms with E-state index < -0.39 is 0 Å². The maximum Gasteiger partial charge on any atom is 0.291 e. The molecule has 0 unspecified atom stereocenters. The van der Waals surface area contributed by atoms with Crippen molar-refractivity contribution < 1.29 is 23.8 Å². The molecule has 2 aromatic carbocycles. The summed E-state index contributed by atoms with van der Waals surface area (Å²) in [6.45, 7) is 2.37. The largest absolute Gasteiger partial charge is 0.503 e. The van der Waals surface area contributed by atoms with E-state index >= 15 is 0 Å². The molecule has 150 valence electrons. The number of anilines is 1. The highest BCUT2D eigenvalue weighted by molar-refractivity contribution is 6.32. The zero-order valence-electron chi connectivity index (χ0n) is 15.6. The van der Waals surface area contributed by atoms with Crippen LogP contribution in [-0.4, -0.2) is 23.5 Å².